The molecule has 0 saturated heterocycles. The summed E-state index contributed by atoms with van der Waals surface area (Å²) in [5, 5.41) is 2.79. The fraction of sp³-hybridized carbons (Fsp3) is 0.455. The van der Waals surface area contributed by atoms with Crippen LogP contribution in [-0.4, -0.2) is 16.9 Å². The molecule has 0 aliphatic rings. The van der Waals surface area contributed by atoms with Gasteiger partial charge in [0.1, 0.15) is 0 Å². The number of hydrogen-bond donors (Lipinski definition) is 2. The number of amides is 1. The molecule has 0 radical (unpaired) electrons. The minimum absolute atomic E-state index is 0.0706. The Hall–Kier alpha value is -1.42. The Bertz CT molecular complexity index is 361. The van der Waals surface area contributed by atoms with Crippen molar-refractivity contribution in [2.75, 3.05) is 5.32 Å². The molecular formula is C11H17N3O. The summed E-state index contributed by atoms with van der Waals surface area (Å²) < 4.78 is 0. The van der Waals surface area contributed by atoms with Crippen LogP contribution in [0.1, 0.15) is 24.7 Å². The second-order valence-corrected chi connectivity index (χ2v) is 3.82. The quantitative estimate of drug-likeness (QED) is 0.786. The molecule has 1 unspecified atom stereocenters. The van der Waals surface area contributed by atoms with E-state index in [1.54, 1.807) is 6.92 Å². The van der Waals surface area contributed by atoms with Gasteiger partial charge >= 0.3 is 0 Å². The number of anilines is 1. The maximum Gasteiger partial charge on any atom is 0.225 e. The van der Waals surface area contributed by atoms with E-state index in [1.807, 2.05) is 26.0 Å². The second kappa shape index (κ2) is 4.89. The monoisotopic (exact) mass is 207 g/mol. The number of aromatic nitrogens is 1. The summed E-state index contributed by atoms with van der Waals surface area (Å²) in [6, 6.07) is 3.61. The minimum atomic E-state index is -0.122. The number of aryl methyl sites for hydroxylation is 2. The van der Waals surface area contributed by atoms with Gasteiger partial charge in [0.05, 0.1) is 11.4 Å². The zero-order valence-electron chi connectivity index (χ0n) is 9.37. The number of carbonyl (C=O) groups is 1. The fourth-order valence-electron chi connectivity index (χ4n) is 1.31. The Morgan fingerprint density at radius 2 is 2.20 bits per heavy atom. The van der Waals surface area contributed by atoms with Crippen molar-refractivity contribution < 1.29 is 4.79 Å². The van der Waals surface area contributed by atoms with E-state index in [4.69, 9.17) is 5.73 Å². The summed E-state index contributed by atoms with van der Waals surface area (Å²) in [7, 11) is 0. The Balaban J connectivity index is 2.68. The van der Waals surface area contributed by atoms with Crippen molar-refractivity contribution >= 4 is 11.6 Å². The van der Waals surface area contributed by atoms with E-state index in [2.05, 4.69) is 10.3 Å². The normalized spacial score (nSPS) is 12.3. The third-order valence-electron chi connectivity index (χ3n) is 2.01. The molecule has 0 aliphatic carbocycles. The van der Waals surface area contributed by atoms with Crippen molar-refractivity contribution in [2.45, 2.75) is 33.2 Å². The third kappa shape index (κ3) is 3.67. The van der Waals surface area contributed by atoms with Crippen molar-refractivity contribution in [2.24, 2.45) is 5.73 Å². The Labute approximate surface area is 89.9 Å². The molecular weight excluding hydrogens is 190 g/mol. The molecule has 15 heavy (non-hydrogen) atoms. The van der Waals surface area contributed by atoms with Crippen LogP contribution in [0.3, 0.4) is 0 Å². The first kappa shape index (κ1) is 11.7. The SMILES string of the molecule is Cc1ccc(NC(=O)CC(C)N)c(C)n1. The summed E-state index contributed by atoms with van der Waals surface area (Å²) in [6.45, 7) is 5.59. The highest BCUT2D eigenvalue weighted by Gasteiger charge is 2.07. The number of hydrogen-bond acceptors (Lipinski definition) is 3. The van der Waals surface area contributed by atoms with Gasteiger partial charge in [0.15, 0.2) is 0 Å². The highest BCUT2D eigenvalue weighted by Crippen LogP contribution is 2.12. The lowest BCUT2D eigenvalue weighted by molar-refractivity contribution is -0.116. The first-order valence-electron chi connectivity index (χ1n) is 4.98. The maximum absolute atomic E-state index is 11.4. The molecule has 1 aromatic rings. The summed E-state index contributed by atoms with van der Waals surface area (Å²) in [5.41, 5.74) is 8.06. The lowest BCUT2D eigenvalue weighted by atomic mass is 10.2. The lowest BCUT2D eigenvalue weighted by Crippen LogP contribution is -2.24. The van der Waals surface area contributed by atoms with E-state index in [1.165, 1.54) is 0 Å². The number of rotatable bonds is 3. The third-order valence-corrected chi connectivity index (χ3v) is 2.01. The van der Waals surface area contributed by atoms with Gasteiger partial charge in [0.25, 0.3) is 0 Å². The van der Waals surface area contributed by atoms with Gasteiger partial charge < -0.3 is 11.1 Å². The summed E-state index contributed by atoms with van der Waals surface area (Å²) >= 11 is 0. The molecule has 4 heteroatoms. The van der Waals surface area contributed by atoms with Crippen LogP contribution in [0.25, 0.3) is 0 Å². The predicted molar refractivity (Wildman–Crippen MR) is 60.6 cm³/mol. The van der Waals surface area contributed by atoms with Crippen LogP contribution < -0.4 is 11.1 Å². The zero-order chi connectivity index (χ0) is 11.4. The number of nitrogens with zero attached hydrogens (tertiary/aromatic N) is 1. The molecule has 0 fully saturated rings. The van der Waals surface area contributed by atoms with Gasteiger partial charge in [-0.1, -0.05) is 0 Å². The van der Waals surface area contributed by atoms with E-state index in [-0.39, 0.29) is 11.9 Å². The summed E-state index contributed by atoms with van der Waals surface area (Å²) in [6.07, 6.45) is 0.327. The largest absolute Gasteiger partial charge is 0.327 e. The molecule has 1 heterocycles. The van der Waals surface area contributed by atoms with Gasteiger partial charge in [-0.05, 0) is 32.9 Å². The Kier molecular flexibility index (Phi) is 3.80. The average molecular weight is 207 g/mol. The van der Waals surface area contributed by atoms with Gasteiger partial charge in [0.2, 0.25) is 5.91 Å². The minimum Gasteiger partial charge on any atom is -0.327 e. The molecule has 3 N–H and O–H groups in total. The molecule has 0 aliphatic heterocycles. The number of pyridine rings is 1. The van der Waals surface area contributed by atoms with Gasteiger partial charge in [-0.3, -0.25) is 9.78 Å². The second-order valence-electron chi connectivity index (χ2n) is 3.82. The molecule has 1 rings (SSSR count). The van der Waals surface area contributed by atoms with Crippen LogP contribution in [0.4, 0.5) is 5.69 Å². The average Bonchev–Trinajstić information content (AvgIpc) is 2.08. The molecule has 1 atom stereocenters. The van der Waals surface area contributed by atoms with Crippen LogP contribution in [0.2, 0.25) is 0 Å². The Morgan fingerprint density at radius 3 is 2.73 bits per heavy atom. The molecule has 0 saturated carbocycles. The summed E-state index contributed by atoms with van der Waals surface area (Å²) in [4.78, 5) is 15.7. The highest BCUT2D eigenvalue weighted by atomic mass is 16.1. The predicted octanol–water partition coefficient (Wildman–Crippen LogP) is 1.37. The van der Waals surface area contributed by atoms with Crippen LogP contribution in [0, 0.1) is 13.8 Å². The number of nitrogens with two attached hydrogens (primary N) is 1. The van der Waals surface area contributed by atoms with E-state index >= 15 is 0 Å². The highest BCUT2D eigenvalue weighted by molar-refractivity contribution is 5.91. The Morgan fingerprint density at radius 1 is 1.53 bits per heavy atom. The van der Waals surface area contributed by atoms with Crippen LogP contribution >= 0.6 is 0 Å². The molecule has 0 aromatic carbocycles. The zero-order valence-corrected chi connectivity index (χ0v) is 9.37. The van der Waals surface area contributed by atoms with Gasteiger partial charge in [-0.15, -0.1) is 0 Å². The van der Waals surface area contributed by atoms with Crippen molar-refractivity contribution in [1.29, 1.82) is 0 Å². The lowest BCUT2D eigenvalue weighted by Gasteiger charge is -2.09. The summed E-state index contributed by atoms with van der Waals surface area (Å²) in [5.74, 6) is -0.0706. The van der Waals surface area contributed by atoms with Crippen molar-refractivity contribution in [1.82, 2.24) is 4.98 Å². The smallest absolute Gasteiger partial charge is 0.225 e. The van der Waals surface area contributed by atoms with Crippen LogP contribution in [0.15, 0.2) is 12.1 Å². The molecule has 0 spiro atoms. The first-order chi connectivity index (χ1) is 6.99. The topological polar surface area (TPSA) is 68.0 Å². The molecule has 0 bridgehead atoms. The van der Waals surface area contributed by atoms with E-state index in [0.29, 0.717) is 6.42 Å². The molecule has 4 nitrogen and oxygen atoms in total. The number of nitrogens with one attached hydrogen (secondary N) is 1. The van der Waals surface area contributed by atoms with Gasteiger partial charge in [-0.2, -0.15) is 0 Å². The molecule has 82 valence electrons. The van der Waals surface area contributed by atoms with E-state index in [9.17, 15) is 4.79 Å². The van der Waals surface area contributed by atoms with Gasteiger partial charge in [0, 0.05) is 18.2 Å². The standard InChI is InChI=1S/C11H17N3O/c1-7(12)6-11(15)14-10-5-4-8(2)13-9(10)3/h4-5,7H,6,12H2,1-3H3,(H,14,15). The van der Waals surface area contributed by atoms with Crippen LogP contribution in [-0.2, 0) is 4.79 Å². The van der Waals surface area contributed by atoms with Crippen LogP contribution in [0.5, 0.6) is 0 Å². The van der Waals surface area contributed by atoms with E-state index in [0.717, 1.165) is 17.1 Å². The first-order valence-corrected chi connectivity index (χ1v) is 4.98. The fourth-order valence-corrected chi connectivity index (χ4v) is 1.31. The molecule has 1 amide bonds. The maximum atomic E-state index is 11.4. The van der Waals surface area contributed by atoms with Crippen molar-refractivity contribution in [3.63, 3.8) is 0 Å². The van der Waals surface area contributed by atoms with E-state index < -0.39 is 0 Å². The van der Waals surface area contributed by atoms with Crippen molar-refractivity contribution in [3.05, 3.63) is 23.5 Å². The molecule has 1 aromatic heterocycles. The van der Waals surface area contributed by atoms with Crippen molar-refractivity contribution in [3.8, 4) is 0 Å². The number of carbonyl (C=O) groups excluding carboxylic acids is 1. The van der Waals surface area contributed by atoms with Gasteiger partial charge in [-0.25, -0.2) is 0 Å².